The van der Waals surface area contributed by atoms with Gasteiger partial charge in [0.25, 0.3) is 0 Å². The van der Waals surface area contributed by atoms with E-state index in [2.05, 4.69) is 5.32 Å². The molecule has 0 unspecified atom stereocenters. The topological polar surface area (TPSA) is 49.4 Å². The highest BCUT2D eigenvalue weighted by atomic mass is 32.2. The molecule has 19 heavy (non-hydrogen) atoms. The molecule has 1 aliphatic carbocycles. The van der Waals surface area contributed by atoms with Crippen molar-refractivity contribution in [2.75, 3.05) is 13.6 Å². The van der Waals surface area contributed by atoms with E-state index in [1.165, 1.54) is 28.5 Å². The largest absolute Gasteiger partial charge is 0.309 e. The van der Waals surface area contributed by atoms with Crippen molar-refractivity contribution in [2.45, 2.75) is 44.2 Å². The molecular weight excluding hydrogens is 280 g/mol. The van der Waals surface area contributed by atoms with Crippen molar-refractivity contribution in [2.24, 2.45) is 5.92 Å². The Hall–Kier alpha value is -0.430. The predicted octanol–water partition coefficient (Wildman–Crippen LogP) is 2.28. The van der Waals surface area contributed by atoms with Gasteiger partial charge in [0.05, 0.1) is 4.90 Å². The standard InChI is InChI=1S/C13H22N2O2S2/c1-10(2)9-15(3)19(16,17)13-6-7-18-12(13)8-14-11-4-5-11/h6-7,10-11,14H,4-5,8-9H2,1-3H3. The van der Waals surface area contributed by atoms with E-state index < -0.39 is 10.0 Å². The highest BCUT2D eigenvalue weighted by Gasteiger charge is 2.26. The van der Waals surface area contributed by atoms with E-state index >= 15 is 0 Å². The van der Waals surface area contributed by atoms with Crippen LogP contribution in [-0.4, -0.2) is 32.4 Å². The molecule has 1 N–H and O–H groups in total. The SMILES string of the molecule is CC(C)CN(C)S(=O)(=O)c1ccsc1CNC1CC1. The number of nitrogens with zero attached hydrogens (tertiary/aromatic N) is 1. The first-order valence-electron chi connectivity index (χ1n) is 6.67. The van der Waals surface area contributed by atoms with Crippen LogP contribution in [0.3, 0.4) is 0 Å². The van der Waals surface area contributed by atoms with Gasteiger partial charge in [0.1, 0.15) is 0 Å². The lowest BCUT2D eigenvalue weighted by atomic mass is 10.2. The quantitative estimate of drug-likeness (QED) is 0.840. The highest BCUT2D eigenvalue weighted by Crippen LogP contribution is 2.26. The normalized spacial score (nSPS) is 16.5. The van der Waals surface area contributed by atoms with Crippen molar-refractivity contribution in [1.29, 1.82) is 0 Å². The van der Waals surface area contributed by atoms with Crippen LogP contribution in [0.25, 0.3) is 0 Å². The minimum atomic E-state index is -3.35. The molecule has 1 heterocycles. The second-order valence-electron chi connectivity index (χ2n) is 5.54. The second kappa shape index (κ2) is 5.91. The van der Waals surface area contributed by atoms with Crippen molar-refractivity contribution in [1.82, 2.24) is 9.62 Å². The maximum absolute atomic E-state index is 12.5. The summed E-state index contributed by atoms with van der Waals surface area (Å²) in [5.74, 6) is 0.325. The predicted molar refractivity (Wildman–Crippen MR) is 78.8 cm³/mol. The van der Waals surface area contributed by atoms with E-state index in [4.69, 9.17) is 0 Å². The summed E-state index contributed by atoms with van der Waals surface area (Å²) >= 11 is 1.51. The lowest BCUT2D eigenvalue weighted by Crippen LogP contribution is -2.31. The summed E-state index contributed by atoms with van der Waals surface area (Å²) < 4.78 is 26.5. The third-order valence-corrected chi connectivity index (χ3v) is 6.10. The number of sulfonamides is 1. The summed E-state index contributed by atoms with van der Waals surface area (Å²) in [6.45, 7) is 5.25. The zero-order valence-electron chi connectivity index (χ0n) is 11.7. The van der Waals surface area contributed by atoms with Gasteiger partial charge in [0.15, 0.2) is 0 Å². The molecule has 1 aromatic rings. The van der Waals surface area contributed by atoms with Gasteiger partial charge in [-0.1, -0.05) is 13.8 Å². The smallest absolute Gasteiger partial charge is 0.243 e. The Labute approximate surface area is 119 Å². The summed E-state index contributed by atoms with van der Waals surface area (Å²) in [4.78, 5) is 1.39. The van der Waals surface area contributed by atoms with E-state index in [-0.39, 0.29) is 0 Å². The van der Waals surface area contributed by atoms with Crippen LogP contribution in [0.4, 0.5) is 0 Å². The molecular formula is C13H22N2O2S2. The first-order valence-corrected chi connectivity index (χ1v) is 8.99. The first-order chi connectivity index (χ1) is 8.91. The summed E-state index contributed by atoms with van der Waals surface area (Å²) in [5, 5.41) is 5.24. The van der Waals surface area contributed by atoms with Crippen molar-refractivity contribution in [3.63, 3.8) is 0 Å². The van der Waals surface area contributed by atoms with Gasteiger partial charge in [-0.2, -0.15) is 0 Å². The van der Waals surface area contributed by atoms with Crippen LogP contribution in [0.15, 0.2) is 16.3 Å². The molecule has 1 saturated carbocycles. The Morgan fingerprint density at radius 1 is 1.47 bits per heavy atom. The lowest BCUT2D eigenvalue weighted by Gasteiger charge is -2.19. The summed E-state index contributed by atoms with van der Waals surface area (Å²) in [5.41, 5.74) is 0. The highest BCUT2D eigenvalue weighted by molar-refractivity contribution is 7.89. The van der Waals surface area contributed by atoms with E-state index in [1.54, 1.807) is 13.1 Å². The fourth-order valence-electron chi connectivity index (χ4n) is 1.99. The fourth-order valence-corrected chi connectivity index (χ4v) is 4.69. The molecule has 6 heteroatoms. The van der Waals surface area contributed by atoms with Gasteiger partial charge >= 0.3 is 0 Å². The molecule has 0 spiro atoms. The van der Waals surface area contributed by atoms with E-state index in [0.717, 1.165) is 4.88 Å². The van der Waals surface area contributed by atoms with Gasteiger partial charge < -0.3 is 5.32 Å². The van der Waals surface area contributed by atoms with Gasteiger partial charge in [0.2, 0.25) is 10.0 Å². The zero-order valence-corrected chi connectivity index (χ0v) is 13.4. The molecule has 0 atom stereocenters. The summed E-state index contributed by atoms with van der Waals surface area (Å²) in [6.07, 6.45) is 2.42. The molecule has 1 aromatic heterocycles. The number of hydrogen-bond donors (Lipinski definition) is 1. The minimum absolute atomic E-state index is 0.325. The second-order valence-corrected chi connectivity index (χ2v) is 8.56. The lowest BCUT2D eigenvalue weighted by molar-refractivity contribution is 0.417. The van der Waals surface area contributed by atoms with Gasteiger partial charge in [-0.15, -0.1) is 11.3 Å². The molecule has 1 fully saturated rings. The molecule has 0 saturated heterocycles. The van der Waals surface area contributed by atoms with Crippen molar-refractivity contribution >= 4 is 21.4 Å². The van der Waals surface area contributed by atoms with Crippen LogP contribution < -0.4 is 5.32 Å². The van der Waals surface area contributed by atoms with Crippen molar-refractivity contribution in [3.8, 4) is 0 Å². The third kappa shape index (κ3) is 3.78. The maximum Gasteiger partial charge on any atom is 0.243 e. The van der Waals surface area contributed by atoms with Crippen LogP contribution >= 0.6 is 11.3 Å². The Bertz CT molecular complexity index is 519. The van der Waals surface area contributed by atoms with Gasteiger partial charge in [-0.3, -0.25) is 0 Å². The van der Waals surface area contributed by atoms with Crippen LogP contribution in [-0.2, 0) is 16.6 Å². The van der Waals surface area contributed by atoms with E-state index in [0.29, 0.717) is 29.9 Å². The Balaban J connectivity index is 2.12. The number of rotatable bonds is 7. The number of thiophene rings is 1. The van der Waals surface area contributed by atoms with Crippen LogP contribution in [0, 0.1) is 5.92 Å². The Morgan fingerprint density at radius 2 is 2.16 bits per heavy atom. The molecule has 2 rings (SSSR count). The Morgan fingerprint density at radius 3 is 2.74 bits per heavy atom. The summed E-state index contributed by atoms with van der Waals surface area (Å²) in [7, 11) is -1.69. The Kier molecular flexibility index (Phi) is 4.66. The minimum Gasteiger partial charge on any atom is -0.309 e. The van der Waals surface area contributed by atoms with Gasteiger partial charge in [-0.05, 0) is 30.2 Å². The maximum atomic E-state index is 12.5. The monoisotopic (exact) mass is 302 g/mol. The molecule has 0 amide bonds. The molecule has 0 bridgehead atoms. The van der Waals surface area contributed by atoms with Gasteiger partial charge in [0, 0.05) is 31.1 Å². The molecule has 0 aromatic carbocycles. The average Bonchev–Trinajstić information content (AvgIpc) is 3.02. The van der Waals surface area contributed by atoms with E-state index in [9.17, 15) is 8.42 Å². The molecule has 0 aliphatic heterocycles. The fraction of sp³-hybridized carbons (Fsp3) is 0.692. The number of hydrogen-bond acceptors (Lipinski definition) is 4. The van der Waals surface area contributed by atoms with Crippen LogP contribution in [0.5, 0.6) is 0 Å². The third-order valence-electron chi connectivity index (χ3n) is 3.14. The number of nitrogens with one attached hydrogen (secondary N) is 1. The van der Waals surface area contributed by atoms with Gasteiger partial charge in [-0.25, -0.2) is 12.7 Å². The zero-order chi connectivity index (χ0) is 14.0. The molecule has 0 radical (unpaired) electrons. The van der Waals surface area contributed by atoms with Crippen molar-refractivity contribution in [3.05, 3.63) is 16.3 Å². The average molecular weight is 302 g/mol. The molecule has 1 aliphatic rings. The van der Waals surface area contributed by atoms with Crippen LogP contribution in [0.1, 0.15) is 31.6 Å². The first kappa shape index (κ1) is 15.0. The van der Waals surface area contributed by atoms with E-state index in [1.807, 2.05) is 19.2 Å². The summed E-state index contributed by atoms with van der Waals surface area (Å²) in [6, 6.07) is 2.31. The molecule has 108 valence electrons. The molecule has 4 nitrogen and oxygen atoms in total. The van der Waals surface area contributed by atoms with Crippen molar-refractivity contribution < 1.29 is 8.42 Å². The van der Waals surface area contributed by atoms with Crippen LogP contribution in [0.2, 0.25) is 0 Å².